The summed E-state index contributed by atoms with van der Waals surface area (Å²) in [5.74, 6) is -1.04. The summed E-state index contributed by atoms with van der Waals surface area (Å²) in [7, 11) is 2.77. The smallest absolute Gasteiger partial charge is 0.334 e. The number of benzene rings is 1. The van der Waals surface area contributed by atoms with E-state index in [2.05, 4.69) is 4.74 Å². The lowest BCUT2D eigenvalue weighted by Gasteiger charge is -2.04. The number of esters is 1. The van der Waals surface area contributed by atoms with Crippen molar-refractivity contribution in [2.24, 2.45) is 0 Å². The molecule has 1 aromatic carbocycles. The molecule has 96 valence electrons. The topological polar surface area (TPSA) is 72.8 Å². The molecule has 1 rings (SSSR count). The molecule has 5 heteroatoms. The van der Waals surface area contributed by atoms with Gasteiger partial charge in [-0.15, -0.1) is 0 Å². The predicted molar refractivity (Wildman–Crippen MR) is 65.2 cm³/mol. The van der Waals surface area contributed by atoms with E-state index in [0.29, 0.717) is 11.3 Å². The average Bonchev–Trinajstić information content (AvgIpc) is 2.37. The van der Waals surface area contributed by atoms with Gasteiger partial charge >= 0.3 is 11.9 Å². The number of carboxylic acid groups (broad SMARTS) is 1. The van der Waals surface area contributed by atoms with Gasteiger partial charge in [0.2, 0.25) is 0 Å². The van der Waals surface area contributed by atoms with Gasteiger partial charge in [0.15, 0.2) is 0 Å². The van der Waals surface area contributed by atoms with E-state index >= 15 is 0 Å². The molecule has 0 radical (unpaired) electrons. The molecule has 0 aromatic heterocycles. The van der Waals surface area contributed by atoms with Crippen LogP contribution >= 0.6 is 0 Å². The van der Waals surface area contributed by atoms with Crippen LogP contribution in [-0.4, -0.2) is 31.3 Å². The van der Waals surface area contributed by atoms with Crippen LogP contribution in [0.2, 0.25) is 0 Å². The first kappa shape index (κ1) is 13.8. The van der Waals surface area contributed by atoms with Crippen LogP contribution in [0.4, 0.5) is 0 Å². The molecule has 0 saturated heterocycles. The quantitative estimate of drug-likeness (QED) is 0.636. The molecule has 1 N–H and O–H groups in total. The van der Waals surface area contributed by atoms with Gasteiger partial charge in [0.25, 0.3) is 0 Å². The number of hydrogen-bond acceptors (Lipinski definition) is 4. The van der Waals surface area contributed by atoms with Gasteiger partial charge in [-0.3, -0.25) is 4.79 Å². The monoisotopic (exact) mass is 250 g/mol. The molecule has 0 aliphatic carbocycles. The van der Waals surface area contributed by atoms with Crippen LogP contribution in [0.5, 0.6) is 5.75 Å². The van der Waals surface area contributed by atoms with E-state index in [9.17, 15) is 9.59 Å². The Morgan fingerprint density at radius 1 is 1.22 bits per heavy atom. The van der Waals surface area contributed by atoms with E-state index < -0.39 is 11.9 Å². The Hall–Kier alpha value is -2.30. The number of rotatable bonds is 5. The highest BCUT2D eigenvalue weighted by Gasteiger charge is 2.13. The third-order valence-corrected chi connectivity index (χ3v) is 2.25. The van der Waals surface area contributed by atoms with Crippen LogP contribution in [0.1, 0.15) is 12.0 Å². The Labute approximate surface area is 105 Å². The van der Waals surface area contributed by atoms with E-state index in [0.717, 1.165) is 0 Å². The lowest BCUT2D eigenvalue weighted by molar-refractivity contribution is -0.141. The molecular formula is C13H14O5. The summed E-state index contributed by atoms with van der Waals surface area (Å²) in [6.07, 6.45) is 1.11. The van der Waals surface area contributed by atoms with Crippen molar-refractivity contribution in [3.05, 3.63) is 35.4 Å². The summed E-state index contributed by atoms with van der Waals surface area (Å²) in [6, 6.07) is 6.90. The van der Waals surface area contributed by atoms with E-state index in [4.69, 9.17) is 9.84 Å². The van der Waals surface area contributed by atoms with Crippen molar-refractivity contribution in [3.63, 3.8) is 0 Å². The van der Waals surface area contributed by atoms with Crippen molar-refractivity contribution < 1.29 is 24.2 Å². The average molecular weight is 250 g/mol. The number of aliphatic carboxylic acids is 1. The second-order valence-corrected chi connectivity index (χ2v) is 3.50. The summed E-state index contributed by atoms with van der Waals surface area (Å²) in [5, 5.41) is 8.72. The summed E-state index contributed by atoms with van der Waals surface area (Å²) < 4.78 is 9.54. The fraction of sp³-hybridized carbons (Fsp3) is 0.231. The summed E-state index contributed by atoms with van der Waals surface area (Å²) in [4.78, 5) is 22.0. The number of carbonyl (C=O) groups is 2. The van der Waals surface area contributed by atoms with Gasteiger partial charge in [0.1, 0.15) is 5.75 Å². The number of ether oxygens (including phenoxy) is 2. The van der Waals surface area contributed by atoms with Crippen molar-refractivity contribution in [1.82, 2.24) is 0 Å². The van der Waals surface area contributed by atoms with Gasteiger partial charge in [0, 0.05) is 5.57 Å². The predicted octanol–water partition coefficient (Wildman–Crippen LogP) is 1.73. The first-order valence-electron chi connectivity index (χ1n) is 5.21. The molecule has 0 unspecified atom stereocenters. The molecule has 5 nitrogen and oxygen atoms in total. The third kappa shape index (κ3) is 3.93. The fourth-order valence-electron chi connectivity index (χ4n) is 1.38. The molecule has 0 heterocycles. The number of hydrogen-bond donors (Lipinski definition) is 1. The van der Waals surface area contributed by atoms with Crippen LogP contribution in [-0.2, 0) is 14.3 Å². The first-order valence-corrected chi connectivity index (χ1v) is 5.21. The third-order valence-electron chi connectivity index (χ3n) is 2.25. The van der Waals surface area contributed by atoms with E-state index in [-0.39, 0.29) is 12.0 Å². The molecule has 0 aliphatic rings. The summed E-state index contributed by atoms with van der Waals surface area (Å²) in [6.45, 7) is 0. The Balaban J connectivity index is 2.98. The SMILES string of the molecule is COC(=O)/C(=C/c1ccc(OC)cc1)CC(=O)O. The minimum absolute atomic E-state index is 0.0927. The van der Waals surface area contributed by atoms with Gasteiger partial charge in [-0.25, -0.2) is 4.79 Å². The normalized spacial score (nSPS) is 10.9. The van der Waals surface area contributed by atoms with Gasteiger partial charge in [-0.1, -0.05) is 12.1 Å². The van der Waals surface area contributed by atoms with E-state index in [1.807, 2.05) is 0 Å². The van der Waals surface area contributed by atoms with E-state index in [1.54, 1.807) is 31.4 Å². The van der Waals surface area contributed by atoms with Gasteiger partial charge < -0.3 is 14.6 Å². The zero-order chi connectivity index (χ0) is 13.5. The van der Waals surface area contributed by atoms with Crippen molar-refractivity contribution in [1.29, 1.82) is 0 Å². The minimum atomic E-state index is -1.08. The van der Waals surface area contributed by atoms with Crippen molar-refractivity contribution in [2.45, 2.75) is 6.42 Å². The van der Waals surface area contributed by atoms with Gasteiger partial charge in [-0.05, 0) is 23.8 Å². The Kier molecular flexibility index (Phi) is 4.92. The zero-order valence-electron chi connectivity index (χ0n) is 10.2. The molecule has 0 aliphatic heterocycles. The molecule has 0 fully saturated rings. The minimum Gasteiger partial charge on any atom is -0.497 e. The van der Waals surface area contributed by atoms with Crippen molar-refractivity contribution in [3.8, 4) is 5.75 Å². The van der Waals surface area contributed by atoms with Crippen LogP contribution in [0, 0.1) is 0 Å². The Morgan fingerprint density at radius 2 is 1.83 bits per heavy atom. The van der Waals surface area contributed by atoms with Crippen molar-refractivity contribution in [2.75, 3.05) is 14.2 Å². The number of methoxy groups -OCH3 is 2. The van der Waals surface area contributed by atoms with Crippen LogP contribution in [0.25, 0.3) is 6.08 Å². The number of carboxylic acids is 1. The highest BCUT2D eigenvalue weighted by molar-refractivity contribution is 5.97. The second kappa shape index (κ2) is 6.44. The fourth-order valence-corrected chi connectivity index (χ4v) is 1.38. The molecule has 0 bridgehead atoms. The highest BCUT2D eigenvalue weighted by atomic mass is 16.5. The second-order valence-electron chi connectivity index (χ2n) is 3.50. The maximum Gasteiger partial charge on any atom is 0.334 e. The largest absolute Gasteiger partial charge is 0.497 e. The standard InChI is InChI=1S/C13H14O5/c1-17-11-5-3-9(4-6-11)7-10(8-12(14)15)13(16)18-2/h3-7H,8H2,1-2H3,(H,14,15)/b10-7+. The zero-order valence-corrected chi connectivity index (χ0v) is 10.2. The highest BCUT2D eigenvalue weighted by Crippen LogP contribution is 2.16. The van der Waals surface area contributed by atoms with Crippen molar-refractivity contribution >= 4 is 18.0 Å². The lowest BCUT2D eigenvalue weighted by atomic mass is 10.1. The molecule has 0 saturated carbocycles. The lowest BCUT2D eigenvalue weighted by Crippen LogP contribution is -2.09. The Morgan fingerprint density at radius 3 is 2.28 bits per heavy atom. The first-order chi connectivity index (χ1) is 8.56. The molecule has 0 atom stereocenters. The van der Waals surface area contributed by atoms with Crippen LogP contribution < -0.4 is 4.74 Å². The molecular weight excluding hydrogens is 236 g/mol. The summed E-state index contributed by atoms with van der Waals surface area (Å²) in [5.41, 5.74) is 0.799. The van der Waals surface area contributed by atoms with Crippen LogP contribution in [0.3, 0.4) is 0 Å². The maximum atomic E-state index is 11.4. The molecule has 0 amide bonds. The summed E-state index contributed by atoms with van der Waals surface area (Å²) >= 11 is 0. The van der Waals surface area contributed by atoms with Crippen LogP contribution in [0.15, 0.2) is 29.8 Å². The van der Waals surface area contributed by atoms with E-state index in [1.165, 1.54) is 13.2 Å². The van der Waals surface area contributed by atoms with Gasteiger partial charge in [0.05, 0.1) is 20.6 Å². The molecule has 18 heavy (non-hydrogen) atoms. The Bertz CT molecular complexity index is 459. The molecule has 1 aromatic rings. The molecule has 0 spiro atoms. The number of carbonyl (C=O) groups excluding carboxylic acids is 1. The maximum absolute atomic E-state index is 11.4. The van der Waals surface area contributed by atoms with Gasteiger partial charge in [-0.2, -0.15) is 0 Å².